The minimum Gasteiger partial charge on any atom is -0.492 e. The van der Waals surface area contributed by atoms with E-state index in [-0.39, 0.29) is 0 Å². The van der Waals surface area contributed by atoms with E-state index in [1.807, 2.05) is 0 Å². The summed E-state index contributed by atoms with van der Waals surface area (Å²) in [6, 6.07) is 1.75. The number of hydrogen-bond acceptors (Lipinski definition) is 2. The minimum atomic E-state index is 0.459. The highest BCUT2D eigenvalue weighted by Crippen LogP contribution is 2.32. The summed E-state index contributed by atoms with van der Waals surface area (Å²) in [6.45, 7) is 5.20. The van der Waals surface area contributed by atoms with E-state index in [0.29, 0.717) is 17.0 Å². The van der Waals surface area contributed by atoms with Crippen LogP contribution in [0.5, 0.6) is 5.75 Å². The minimum absolute atomic E-state index is 0.459. The summed E-state index contributed by atoms with van der Waals surface area (Å²) in [5.41, 5.74) is 1.47. The van der Waals surface area contributed by atoms with Gasteiger partial charge in [0.05, 0.1) is 11.1 Å². The van der Waals surface area contributed by atoms with Crippen molar-refractivity contribution in [3.05, 3.63) is 33.5 Å². The Bertz CT molecular complexity index is 461. The highest BCUT2D eigenvalue weighted by molar-refractivity contribution is 9.10. The molecule has 1 unspecified atom stereocenters. The Morgan fingerprint density at radius 1 is 1.56 bits per heavy atom. The number of aromatic nitrogens is 1. The molecule has 1 aliphatic carbocycles. The maximum Gasteiger partial charge on any atom is 0.138 e. The largest absolute Gasteiger partial charge is 0.492 e. The second kappa shape index (κ2) is 6.07. The number of rotatable bonds is 3. The van der Waals surface area contributed by atoms with E-state index in [1.165, 1.54) is 12.0 Å². The normalized spacial score (nSPS) is 23.7. The number of halogens is 2. The number of allylic oxidation sites excluding steroid dienone is 2. The van der Waals surface area contributed by atoms with Gasteiger partial charge in [0.1, 0.15) is 10.9 Å². The Kier molecular flexibility index (Phi) is 4.68. The number of nitrogens with zero attached hydrogens (tertiary/aromatic N) is 1. The average molecular weight is 331 g/mol. The van der Waals surface area contributed by atoms with Gasteiger partial charge in [0.2, 0.25) is 0 Å². The molecule has 0 aromatic carbocycles. The molecule has 0 saturated heterocycles. The van der Waals surface area contributed by atoms with Crippen molar-refractivity contribution in [3.63, 3.8) is 0 Å². The zero-order valence-electron chi connectivity index (χ0n) is 10.6. The summed E-state index contributed by atoms with van der Waals surface area (Å²) in [4.78, 5) is 3.99. The summed E-state index contributed by atoms with van der Waals surface area (Å²) in [5.74, 6) is 1.94. The van der Waals surface area contributed by atoms with Gasteiger partial charge in [-0.3, -0.25) is 0 Å². The van der Waals surface area contributed by atoms with Crippen LogP contribution in [0, 0.1) is 11.8 Å². The van der Waals surface area contributed by atoms with Crippen molar-refractivity contribution < 1.29 is 4.74 Å². The fourth-order valence-corrected chi connectivity index (χ4v) is 2.74. The van der Waals surface area contributed by atoms with Crippen LogP contribution in [-0.4, -0.2) is 11.6 Å². The van der Waals surface area contributed by atoms with Gasteiger partial charge < -0.3 is 4.74 Å². The third-order valence-corrected chi connectivity index (χ3v) is 4.47. The Morgan fingerprint density at radius 2 is 2.33 bits per heavy atom. The Morgan fingerprint density at radius 3 is 3.11 bits per heavy atom. The fourth-order valence-electron chi connectivity index (χ4n) is 2.26. The van der Waals surface area contributed by atoms with Crippen molar-refractivity contribution in [1.29, 1.82) is 0 Å². The lowest BCUT2D eigenvalue weighted by molar-refractivity contribution is 0.200. The molecule has 0 N–H and O–H groups in total. The van der Waals surface area contributed by atoms with Gasteiger partial charge in [-0.15, -0.1) is 0 Å². The summed E-state index contributed by atoms with van der Waals surface area (Å²) >= 11 is 9.29. The predicted molar refractivity (Wildman–Crippen MR) is 78.1 cm³/mol. The fraction of sp³-hybridized carbons (Fsp3) is 0.500. The van der Waals surface area contributed by atoms with Crippen molar-refractivity contribution in [2.24, 2.45) is 11.8 Å². The van der Waals surface area contributed by atoms with Gasteiger partial charge in [0.25, 0.3) is 0 Å². The van der Waals surface area contributed by atoms with E-state index in [4.69, 9.17) is 16.3 Å². The molecule has 0 amide bonds. The standard InChI is InChI=1S/C14H17BrClNO/c1-9-4-3-5-11(10(9)2)8-18-13-6-14(16)17-7-12(13)15/h4,6-7,10-11H,3,5,8H2,1-2H3/t10?,11-/m1/s1. The lowest BCUT2D eigenvalue weighted by atomic mass is 9.81. The Hall–Kier alpha value is -0.540. The van der Waals surface area contributed by atoms with Gasteiger partial charge >= 0.3 is 0 Å². The number of ether oxygens (including phenoxy) is 1. The van der Waals surface area contributed by atoms with Crippen LogP contribution in [0.25, 0.3) is 0 Å². The van der Waals surface area contributed by atoms with Crippen LogP contribution in [0.2, 0.25) is 5.15 Å². The second-order valence-corrected chi connectivity index (χ2v) is 6.06. The van der Waals surface area contributed by atoms with Crippen LogP contribution >= 0.6 is 27.5 Å². The predicted octanol–water partition coefficient (Wildman–Crippen LogP) is 4.87. The van der Waals surface area contributed by atoms with E-state index in [1.54, 1.807) is 12.3 Å². The van der Waals surface area contributed by atoms with Crippen molar-refractivity contribution >= 4 is 27.5 Å². The molecule has 2 nitrogen and oxygen atoms in total. The van der Waals surface area contributed by atoms with Crippen LogP contribution in [0.15, 0.2) is 28.4 Å². The smallest absolute Gasteiger partial charge is 0.138 e. The van der Waals surface area contributed by atoms with Crippen LogP contribution in [0.3, 0.4) is 0 Å². The molecule has 2 atom stereocenters. The van der Waals surface area contributed by atoms with Crippen LogP contribution in [0.4, 0.5) is 0 Å². The highest BCUT2D eigenvalue weighted by atomic mass is 79.9. The molecule has 1 heterocycles. The molecule has 0 saturated carbocycles. The van der Waals surface area contributed by atoms with Crippen LogP contribution in [0.1, 0.15) is 26.7 Å². The van der Waals surface area contributed by atoms with Crippen molar-refractivity contribution in [1.82, 2.24) is 4.98 Å². The molecule has 0 fully saturated rings. The van der Waals surface area contributed by atoms with Gasteiger partial charge in [0.15, 0.2) is 0 Å². The van der Waals surface area contributed by atoms with E-state index in [0.717, 1.165) is 23.2 Å². The van der Waals surface area contributed by atoms with Crippen molar-refractivity contribution in [3.8, 4) is 5.75 Å². The van der Waals surface area contributed by atoms with Gasteiger partial charge in [-0.1, -0.05) is 30.2 Å². The third kappa shape index (κ3) is 3.27. The topological polar surface area (TPSA) is 22.1 Å². The third-order valence-electron chi connectivity index (χ3n) is 3.67. The second-order valence-electron chi connectivity index (χ2n) is 4.82. The van der Waals surface area contributed by atoms with E-state index in [9.17, 15) is 0 Å². The summed E-state index contributed by atoms with van der Waals surface area (Å²) < 4.78 is 6.73. The van der Waals surface area contributed by atoms with Crippen molar-refractivity contribution in [2.45, 2.75) is 26.7 Å². The first-order chi connectivity index (χ1) is 8.58. The summed E-state index contributed by atoms with van der Waals surface area (Å²) in [6.07, 6.45) is 6.35. The molecule has 0 spiro atoms. The van der Waals surface area contributed by atoms with Gasteiger partial charge in [-0.05, 0) is 47.5 Å². The summed E-state index contributed by atoms with van der Waals surface area (Å²) in [7, 11) is 0. The van der Waals surface area contributed by atoms with Crippen LogP contribution < -0.4 is 4.74 Å². The maximum absolute atomic E-state index is 5.88. The van der Waals surface area contributed by atoms with E-state index in [2.05, 4.69) is 40.8 Å². The van der Waals surface area contributed by atoms with Gasteiger partial charge in [-0.2, -0.15) is 0 Å². The molecule has 98 valence electrons. The first kappa shape index (κ1) is 13.9. The number of hydrogen-bond donors (Lipinski definition) is 0. The highest BCUT2D eigenvalue weighted by Gasteiger charge is 2.22. The lowest BCUT2D eigenvalue weighted by Gasteiger charge is -2.28. The molecule has 0 aliphatic heterocycles. The van der Waals surface area contributed by atoms with E-state index < -0.39 is 0 Å². The molecule has 18 heavy (non-hydrogen) atoms. The Balaban J connectivity index is 1.99. The molecular formula is C14H17BrClNO. The molecule has 4 heteroatoms. The first-order valence-electron chi connectivity index (χ1n) is 6.18. The lowest BCUT2D eigenvalue weighted by Crippen LogP contribution is -2.23. The SMILES string of the molecule is CC1=CCC[C@H](COc2cc(Cl)ncc2Br)C1C. The average Bonchev–Trinajstić information content (AvgIpc) is 2.35. The molecule has 1 aliphatic rings. The molecule has 0 bridgehead atoms. The monoisotopic (exact) mass is 329 g/mol. The summed E-state index contributed by atoms with van der Waals surface area (Å²) in [5, 5.41) is 0.459. The quantitative estimate of drug-likeness (QED) is 0.583. The molecule has 0 radical (unpaired) electrons. The maximum atomic E-state index is 5.88. The molecular weight excluding hydrogens is 314 g/mol. The number of pyridine rings is 1. The zero-order chi connectivity index (χ0) is 13.1. The first-order valence-corrected chi connectivity index (χ1v) is 7.35. The van der Waals surface area contributed by atoms with Crippen LogP contribution in [-0.2, 0) is 0 Å². The van der Waals surface area contributed by atoms with E-state index >= 15 is 0 Å². The van der Waals surface area contributed by atoms with Gasteiger partial charge in [0, 0.05) is 12.3 Å². The van der Waals surface area contributed by atoms with Gasteiger partial charge in [-0.25, -0.2) is 4.98 Å². The van der Waals surface area contributed by atoms with Crippen molar-refractivity contribution in [2.75, 3.05) is 6.61 Å². The molecule has 2 rings (SSSR count). The molecule has 1 aromatic heterocycles. The zero-order valence-corrected chi connectivity index (χ0v) is 13.0. The Labute approximate surface area is 122 Å². The molecule has 1 aromatic rings.